The highest BCUT2D eigenvalue weighted by Crippen LogP contribution is 2.30. The maximum Gasteiger partial charge on any atom is 0.0534 e. The van der Waals surface area contributed by atoms with Gasteiger partial charge >= 0.3 is 0 Å². The van der Waals surface area contributed by atoms with Crippen LogP contribution >= 0.6 is 0 Å². The predicted molar refractivity (Wildman–Crippen MR) is 80.0 cm³/mol. The van der Waals surface area contributed by atoms with Gasteiger partial charge in [-0.15, -0.1) is 0 Å². The van der Waals surface area contributed by atoms with E-state index in [0.717, 1.165) is 18.8 Å². The Morgan fingerprint density at radius 2 is 1.11 bits per heavy atom. The van der Waals surface area contributed by atoms with Crippen LogP contribution in [0.15, 0.2) is 0 Å². The molecule has 19 heavy (non-hydrogen) atoms. The Labute approximate surface area is 119 Å². The Morgan fingerprint density at radius 1 is 0.684 bits per heavy atom. The van der Waals surface area contributed by atoms with Crippen molar-refractivity contribution in [2.75, 3.05) is 19.8 Å². The molecule has 0 amide bonds. The van der Waals surface area contributed by atoms with Crippen molar-refractivity contribution in [2.24, 2.45) is 17.3 Å². The minimum atomic E-state index is -0.711. The van der Waals surface area contributed by atoms with E-state index in [1.54, 1.807) is 0 Å². The van der Waals surface area contributed by atoms with Crippen LogP contribution in [0.25, 0.3) is 0 Å². The molecule has 0 aliphatic heterocycles. The monoisotopic (exact) mass is 274 g/mol. The minimum Gasteiger partial charge on any atom is -0.396 e. The van der Waals surface area contributed by atoms with E-state index in [1.165, 1.54) is 32.1 Å². The minimum absolute atomic E-state index is 0.143. The summed E-state index contributed by atoms with van der Waals surface area (Å²) in [5, 5.41) is 28.1. The standard InChI is InChI=1S/C16H34O3/c1-14(2)9-7-5-4-6-8-10-15(3)16(11-17,12-18)13-19/h14-15,17-19H,4-13H2,1-3H3. The lowest BCUT2D eigenvalue weighted by atomic mass is 9.75. The summed E-state index contributed by atoms with van der Waals surface area (Å²) in [6.07, 6.45) is 8.50. The van der Waals surface area contributed by atoms with E-state index in [1.807, 2.05) is 6.92 Å². The summed E-state index contributed by atoms with van der Waals surface area (Å²) in [4.78, 5) is 0. The summed E-state index contributed by atoms with van der Waals surface area (Å²) in [6.45, 7) is 6.11. The normalized spacial score (nSPS) is 14.1. The van der Waals surface area contributed by atoms with Crippen LogP contribution in [0.3, 0.4) is 0 Å². The molecule has 0 spiro atoms. The number of hydrogen-bond donors (Lipinski definition) is 3. The van der Waals surface area contributed by atoms with Gasteiger partial charge in [0.1, 0.15) is 0 Å². The number of rotatable bonds is 12. The van der Waals surface area contributed by atoms with Gasteiger partial charge in [0, 0.05) is 5.41 Å². The Kier molecular flexibility index (Phi) is 10.6. The molecule has 0 aliphatic rings. The number of aliphatic hydroxyl groups is 3. The highest BCUT2D eigenvalue weighted by Gasteiger charge is 2.34. The van der Waals surface area contributed by atoms with Crippen molar-refractivity contribution in [3.63, 3.8) is 0 Å². The molecule has 0 fully saturated rings. The third-order valence-corrected chi connectivity index (χ3v) is 4.41. The molecule has 0 aromatic carbocycles. The smallest absolute Gasteiger partial charge is 0.0534 e. The Bertz CT molecular complexity index is 192. The third-order valence-electron chi connectivity index (χ3n) is 4.41. The molecule has 1 atom stereocenters. The van der Waals surface area contributed by atoms with Gasteiger partial charge in [0.05, 0.1) is 19.8 Å². The van der Waals surface area contributed by atoms with E-state index in [0.29, 0.717) is 0 Å². The van der Waals surface area contributed by atoms with Gasteiger partial charge < -0.3 is 15.3 Å². The van der Waals surface area contributed by atoms with Crippen LogP contribution in [0.4, 0.5) is 0 Å². The molecular formula is C16H34O3. The van der Waals surface area contributed by atoms with Crippen molar-refractivity contribution < 1.29 is 15.3 Å². The largest absolute Gasteiger partial charge is 0.396 e. The molecule has 0 saturated carbocycles. The van der Waals surface area contributed by atoms with Crippen molar-refractivity contribution in [3.8, 4) is 0 Å². The molecule has 3 N–H and O–H groups in total. The summed E-state index contributed by atoms with van der Waals surface area (Å²) in [5.41, 5.74) is -0.711. The maximum atomic E-state index is 9.35. The zero-order valence-corrected chi connectivity index (χ0v) is 13.1. The molecule has 0 saturated heterocycles. The summed E-state index contributed by atoms with van der Waals surface area (Å²) in [5.74, 6) is 0.961. The van der Waals surface area contributed by atoms with E-state index in [4.69, 9.17) is 0 Å². The molecule has 0 aromatic heterocycles. The fraction of sp³-hybridized carbons (Fsp3) is 1.00. The van der Waals surface area contributed by atoms with Gasteiger partial charge in [-0.3, -0.25) is 0 Å². The highest BCUT2D eigenvalue weighted by atomic mass is 16.3. The molecule has 116 valence electrons. The van der Waals surface area contributed by atoms with Gasteiger partial charge in [0.25, 0.3) is 0 Å². The zero-order chi connectivity index (χ0) is 14.7. The van der Waals surface area contributed by atoms with Crippen molar-refractivity contribution >= 4 is 0 Å². The highest BCUT2D eigenvalue weighted by molar-refractivity contribution is 4.82. The number of aliphatic hydroxyl groups excluding tert-OH is 3. The van der Waals surface area contributed by atoms with Crippen LogP contribution in [0.5, 0.6) is 0 Å². The lowest BCUT2D eigenvalue weighted by Gasteiger charge is -2.34. The molecule has 0 rings (SSSR count). The molecule has 0 heterocycles. The second-order valence-electron chi connectivity index (χ2n) is 6.48. The van der Waals surface area contributed by atoms with Crippen LogP contribution in [-0.2, 0) is 0 Å². The first-order chi connectivity index (χ1) is 9.02. The molecule has 0 aromatic rings. The van der Waals surface area contributed by atoms with Crippen molar-refractivity contribution in [2.45, 2.75) is 65.7 Å². The van der Waals surface area contributed by atoms with Crippen LogP contribution in [-0.4, -0.2) is 35.1 Å². The first-order valence-corrected chi connectivity index (χ1v) is 7.85. The fourth-order valence-corrected chi connectivity index (χ4v) is 2.46. The average molecular weight is 274 g/mol. The fourth-order valence-electron chi connectivity index (χ4n) is 2.46. The van der Waals surface area contributed by atoms with Gasteiger partial charge in [-0.05, 0) is 18.3 Å². The average Bonchev–Trinajstić information content (AvgIpc) is 2.40. The molecule has 0 radical (unpaired) electrons. The van der Waals surface area contributed by atoms with E-state index in [-0.39, 0.29) is 25.7 Å². The van der Waals surface area contributed by atoms with Crippen molar-refractivity contribution in [1.29, 1.82) is 0 Å². The van der Waals surface area contributed by atoms with Gasteiger partial charge in [-0.1, -0.05) is 59.3 Å². The van der Waals surface area contributed by atoms with E-state index >= 15 is 0 Å². The van der Waals surface area contributed by atoms with Crippen molar-refractivity contribution in [3.05, 3.63) is 0 Å². The summed E-state index contributed by atoms with van der Waals surface area (Å²) >= 11 is 0. The molecule has 0 aliphatic carbocycles. The van der Waals surface area contributed by atoms with E-state index in [9.17, 15) is 15.3 Å². The van der Waals surface area contributed by atoms with Gasteiger partial charge in [0.15, 0.2) is 0 Å². The second kappa shape index (κ2) is 10.6. The lowest BCUT2D eigenvalue weighted by Crippen LogP contribution is -2.40. The molecule has 3 nitrogen and oxygen atoms in total. The van der Waals surface area contributed by atoms with Crippen molar-refractivity contribution in [1.82, 2.24) is 0 Å². The Morgan fingerprint density at radius 3 is 1.53 bits per heavy atom. The van der Waals surface area contributed by atoms with Gasteiger partial charge in [-0.2, -0.15) is 0 Å². The first kappa shape index (κ1) is 18.9. The van der Waals surface area contributed by atoms with Gasteiger partial charge in [0.2, 0.25) is 0 Å². The second-order valence-corrected chi connectivity index (χ2v) is 6.48. The molecule has 3 heteroatoms. The molecule has 0 bridgehead atoms. The molecular weight excluding hydrogens is 240 g/mol. The Hall–Kier alpha value is -0.120. The van der Waals surface area contributed by atoms with Crippen LogP contribution in [0.2, 0.25) is 0 Å². The lowest BCUT2D eigenvalue weighted by molar-refractivity contribution is -0.0361. The van der Waals surface area contributed by atoms with Crippen LogP contribution in [0.1, 0.15) is 65.7 Å². The topological polar surface area (TPSA) is 60.7 Å². The van der Waals surface area contributed by atoms with Crippen LogP contribution < -0.4 is 0 Å². The molecule has 1 unspecified atom stereocenters. The van der Waals surface area contributed by atoms with E-state index in [2.05, 4.69) is 13.8 Å². The predicted octanol–water partition coefficient (Wildman–Crippen LogP) is 2.97. The SMILES string of the molecule is CC(C)CCCCCCCC(C)C(CO)(CO)CO. The first-order valence-electron chi connectivity index (χ1n) is 7.85. The quantitative estimate of drug-likeness (QED) is 0.479. The number of unbranched alkanes of at least 4 members (excludes halogenated alkanes) is 4. The zero-order valence-electron chi connectivity index (χ0n) is 13.1. The van der Waals surface area contributed by atoms with E-state index < -0.39 is 5.41 Å². The maximum absolute atomic E-state index is 9.35. The van der Waals surface area contributed by atoms with Gasteiger partial charge in [-0.25, -0.2) is 0 Å². The summed E-state index contributed by atoms with van der Waals surface area (Å²) in [7, 11) is 0. The third kappa shape index (κ3) is 7.28. The summed E-state index contributed by atoms with van der Waals surface area (Å²) < 4.78 is 0. The Balaban J connectivity index is 3.70. The van der Waals surface area contributed by atoms with Crippen LogP contribution in [0, 0.1) is 17.3 Å². The number of hydrogen-bond acceptors (Lipinski definition) is 3. The summed E-state index contributed by atoms with van der Waals surface area (Å²) in [6, 6.07) is 0.